The van der Waals surface area contributed by atoms with Crippen LogP contribution in [0.25, 0.3) is 5.69 Å². The molecule has 1 amide bonds. The van der Waals surface area contributed by atoms with Crippen molar-refractivity contribution in [3.8, 4) is 5.69 Å². The molecule has 1 atom stereocenters. The Bertz CT molecular complexity index is 1100. The fourth-order valence-electron chi connectivity index (χ4n) is 3.23. The molecule has 1 saturated heterocycles. The Balaban J connectivity index is 1.50. The van der Waals surface area contributed by atoms with Crippen molar-refractivity contribution in [3.05, 3.63) is 59.9 Å². The zero-order chi connectivity index (χ0) is 20.4. The molecule has 0 saturated carbocycles. The summed E-state index contributed by atoms with van der Waals surface area (Å²) >= 11 is 5.85. The number of hydrogen-bond donors (Lipinski definition) is 1. The molecule has 9 nitrogen and oxygen atoms in total. The second-order valence-electron chi connectivity index (χ2n) is 6.52. The van der Waals surface area contributed by atoms with Crippen molar-refractivity contribution in [2.45, 2.75) is 23.8 Å². The lowest BCUT2D eigenvalue weighted by molar-refractivity contribution is -0.119. The maximum absolute atomic E-state index is 13.0. The number of sulfonamides is 1. The number of carbonyl (C=O) groups is 1. The molecule has 1 fully saturated rings. The number of rotatable bonds is 5. The van der Waals surface area contributed by atoms with Gasteiger partial charge in [-0.15, -0.1) is 5.10 Å². The van der Waals surface area contributed by atoms with Crippen molar-refractivity contribution < 1.29 is 13.2 Å². The second kappa shape index (κ2) is 7.90. The molecule has 2 heterocycles. The smallest absolute Gasteiger partial charge is 0.243 e. The number of nitrogens with zero attached hydrogens (tertiary/aromatic N) is 5. The molecule has 1 aliphatic rings. The lowest BCUT2D eigenvalue weighted by Gasteiger charge is -2.23. The van der Waals surface area contributed by atoms with E-state index in [4.69, 9.17) is 11.6 Å². The summed E-state index contributed by atoms with van der Waals surface area (Å²) in [5.74, 6) is -0.366. The molecule has 0 aliphatic carbocycles. The fraction of sp³-hybridized carbons (Fsp3) is 0.222. The largest absolute Gasteiger partial charge is 0.325 e. The van der Waals surface area contributed by atoms with E-state index < -0.39 is 16.1 Å². The minimum Gasteiger partial charge on any atom is -0.325 e. The van der Waals surface area contributed by atoms with Crippen LogP contribution in [-0.4, -0.2) is 51.4 Å². The van der Waals surface area contributed by atoms with Gasteiger partial charge in [0, 0.05) is 17.3 Å². The number of amides is 1. The highest BCUT2D eigenvalue weighted by atomic mass is 35.5. The van der Waals surface area contributed by atoms with Crippen molar-refractivity contribution in [1.29, 1.82) is 0 Å². The Morgan fingerprint density at radius 2 is 1.83 bits per heavy atom. The summed E-state index contributed by atoms with van der Waals surface area (Å²) in [5.41, 5.74) is 1.29. The van der Waals surface area contributed by atoms with E-state index in [0.717, 1.165) is 5.69 Å². The predicted octanol–water partition coefficient (Wildman–Crippen LogP) is 2.11. The number of benzene rings is 2. The lowest BCUT2D eigenvalue weighted by atomic mass is 10.2. The molecule has 4 rings (SSSR count). The summed E-state index contributed by atoms with van der Waals surface area (Å²) in [6.45, 7) is 0.293. The second-order valence-corrected chi connectivity index (χ2v) is 8.85. The van der Waals surface area contributed by atoms with Gasteiger partial charge in [-0.2, -0.15) is 4.31 Å². The first-order valence-electron chi connectivity index (χ1n) is 8.87. The van der Waals surface area contributed by atoms with Crippen molar-refractivity contribution in [1.82, 2.24) is 24.5 Å². The molecule has 3 aromatic rings. The Hall–Kier alpha value is -2.82. The van der Waals surface area contributed by atoms with Gasteiger partial charge in [-0.25, -0.2) is 13.1 Å². The molecule has 29 heavy (non-hydrogen) atoms. The van der Waals surface area contributed by atoms with Gasteiger partial charge in [0.15, 0.2) is 0 Å². The molecule has 1 aliphatic heterocycles. The van der Waals surface area contributed by atoms with Gasteiger partial charge in [0.2, 0.25) is 15.9 Å². The molecule has 0 unspecified atom stereocenters. The molecular formula is C18H17ClN6O3S. The van der Waals surface area contributed by atoms with Gasteiger partial charge in [-0.1, -0.05) is 11.6 Å². The maximum Gasteiger partial charge on any atom is 0.243 e. The highest BCUT2D eigenvalue weighted by molar-refractivity contribution is 7.89. The first-order chi connectivity index (χ1) is 13.9. The van der Waals surface area contributed by atoms with Crippen LogP contribution in [0.4, 0.5) is 5.69 Å². The molecule has 1 aromatic heterocycles. The number of tetrazole rings is 1. The van der Waals surface area contributed by atoms with E-state index in [1.165, 1.54) is 39.6 Å². The zero-order valence-electron chi connectivity index (χ0n) is 15.1. The van der Waals surface area contributed by atoms with Crippen LogP contribution >= 0.6 is 11.6 Å². The summed E-state index contributed by atoms with van der Waals surface area (Å²) in [6.07, 6.45) is 2.54. The van der Waals surface area contributed by atoms with Gasteiger partial charge in [0.05, 0.1) is 10.6 Å². The topological polar surface area (TPSA) is 110 Å². The van der Waals surface area contributed by atoms with Crippen LogP contribution in [0, 0.1) is 0 Å². The highest BCUT2D eigenvalue weighted by Crippen LogP contribution is 2.28. The minimum atomic E-state index is -3.79. The van der Waals surface area contributed by atoms with E-state index >= 15 is 0 Å². The van der Waals surface area contributed by atoms with E-state index in [1.807, 2.05) is 0 Å². The lowest BCUT2D eigenvalue weighted by Crippen LogP contribution is -2.43. The van der Waals surface area contributed by atoms with Gasteiger partial charge in [-0.05, 0) is 71.8 Å². The molecule has 11 heteroatoms. The molecule has 1 N–H and O–H groups in total. The Morgan fingerprint density at radius 3 is 2.48 bits per heavy atom. The van der Waals surface area contributed by atoms with Crippen molar-refractivity contribution in [2.24, 2.45) is 0 Å². The summed E-state index contributed by atoms with van der Waals surface area (Å²) in [5, 5.41) is 14.2. The van der Waals surface area contributed by atoms with Crippen molar-refractivity contribution in [2.75, 3.05) is 11.9 Å². The van der Waals surface area contributed by atoms with Gasteiger partial charge in [0.1, 0.15) is 12.4 Å². The monoisotopic (exact) mass is 432 g/mol. The van der Waals surface area contributed by atoms with E-state index in [9.17, 15) is 13.2 Å². The van der Waals surface area contributed by atoms with Crippen LogP contribution in [0.3, 0.4) is 0 Å². The Morgan fingerprint density at radius 1 is 1.10 bits per heavy atom. The first-order valence-corrected chi connectivity index (χ1v) is 10.7. The number of halogens is 1. The number of anilines is 1. The van der Waals surface area contributed by atoms with E-state index in [2.05, 4.69) is 20.8 Å². The van der Waals surface area contributed by atoms with Crippen LogP contribution in [0.5, 0.6) is 0 Å². The summed E-state index contributed by atoms with van der Waals surface area (Å²) < 4.78 is 28.7. The number of carbonyl (C=O) groups excluding carboxylic acids is 1. The van der Waals surface area contributed by atoms with Crippen molar-refractivity contribution >= 4 is 33.2 Å². The predicted molar refractivity (Wildman–Crippen MR) is 106 cm³/mol. The van der Waals surface area contributed by atoms with Crippen LogP contribution in [0.15, 0.2) is 59.8 Å². The number of hydrogen-bond acceptors (Lipinski definition) is 6. The van der Waals surface area contributed by atoms with Crippen LogP contribution in [0.1, 0.15) is 12.8 Å². The van der Waals surface area contributed by atoms with Gasteiger partial charge in [-0.3, -0.25) is 4.79 Å². The molecule has 150 valence electrons. The van der Waals surface area contributed by atoms with Crippen LogP contribution < -0.4 is 5.32 Å². The third-order valence-corrected chi connectivity index (χ3v) is 6.85. The SMILES string of the molecule is O=C(Nc1ccc(-n2cnnn2)cc1)[C@@H]1CCCN1S(=O)(=O)c1ccc(Cl)cc1. The third-order valence-electron chi connectivity index (χ3n) is 4.67. The van der Waals surface area contributed by atoms with Crippen LogP contribution in [0.2, 0.25) is 5.02 Å². The quantitative estimate of drug-likeness (QED) is 0.661. The van der Waals surface area contributed by atoms with Crippen LogP contribution in [-0.2, 0) is 14.8 Å². The highest BCUT2D eigenvalue weighted by Gasteiger charge is 2.39. The Labute approximate surface area is 172 Å². The number of aromatic nitrogens is 4. The standard InChI is InChI=1S/C18H17ClN6O3S/c19-13-3-9-16(10-4-13)29(27,28)25-11-1-2-17(25)18(26)21-14-5-7-15(8-6-14)24-12-20-22-23-24/h3-10,12,17H,1-2,11H2,(H,21,26)/t17-/m0/s1. The van der Waals surface area contributed by atoms with E-state index in [-0.39, 0.29) is 10.8 Å². The molecular weight excluding hydrogens is 416 g/mol. The van der Waals surface area contributed by atoms with Gasteiger partial charge >= 0.3 is 0 Å². The minimum absolute atomic E-state index is 0.118. The molecule has 0 spiro atoms. The number of nitrogens with one attached hydrogen (secondary N) is 1. The summed E-state index contributed by atoms with van der Waals surface area (Å²) in [6, 6.07) is 12.1. The molecule has 0 bridgehead atoms. The van der Waals surface area contributed by atoms with E-state index in [0.29, 0.717) is 30.1 Å². The molecule has 2 aromatic carbocycles. The third kappa shape index (κ3) is 4.00. The van der Waals surface area contributed by atoms with Crippen molar-refractivity contribution in [3.63, 3.8) is 0 Å². The van der Waals surface area contributed by atoms with Gasteiger partial charge < -0.3 is 5.32 Å². The average molecular weight is 433 g/mol. The maximum atomic E-state index is 13.0. The normalized spacial score (nSPS) is 17.3. The molecule has 0 radical (unpaired) electrons. The first kappa shape index (κ1) is 19.5. The Kier molecular flexibility index (Phi) is 5.31. The van der Waals surface area contributed by atoms with E-state index in [1.54, 1.807) is 24.3 Å². The zero-order valence-corrected chi connectivity index (χ0v) is 16.7. The average Bonchev–Trinajstić information content (AvgIpc) is 3.41. The van der Waals surface area contributed by atoms with Gasteiger partial charge in [0.25, 0.3) is 0 Å². The fourth-order valence-corrected chi connectivity index (χ4v) is 5.02. The summed E-state index contributed by atoms with van der Waals surface area (Å²) in [7, 11) is -3.79. The summed E-state index contributed by atoms with van der Waals surface area (Å²) in [4.78, 5) is 12.9.